The molecule has 1 heterocycles. The quantitative estimate of drug-likeness (QED) is 0.594. The molecule has 2 atom stereocenters. The fraction of sp³-hybridized carbons (Fsp3) is 0.400. The maximum Gasteiger partial charge on any atom is 0.345 e. The van der Waals surface area contributed by atoms with Crippen LogP contribution in [0.5, 0.6) is 0 Å². The minimum Gasteiger partial charge on any atom is -0.477 e. The number of carboxylic acids is 1. The summed E-state index contributed by atoms with van der Waals surface area (Å²) in [5, 5.41) is 31.8. The Balaban J connectivity index is 2.64. The van der Waals surface area contributed by atoms with Crippen molar-refractivity contribution in [3.8, 4) is 0 Å². The second-order valence-corrected chi connectivity index (χ2v) is 4.41. The zero-order chi connectivity index (χ0) is 13.0. The van der Waals surface area contributed by atoms with E-state index in [1.54, 1.807) is 0 Å². The van der Waals surface area contributed by atoms with Crippen LogP contribution in [0.1, 0.15) is 28.3 Å². The second kappa shape index (κ2) is 5.76. The Morgan fingerprint density at radius 1 is 1.47 bits per heavy atom. The van der Waals surface area contributed by atoms with Gasteiger partial charge in [-0.1, -0.05) is 0 Å². The molecule has 0 saturated carbocycles. The minimum atomic E-state index is -1.22. The molecule has 0 saturated heterocycles. The number of rotatable bonds is 5. The van der Waals surface area contributed by atoms with Gasteiger partial charge in [0.1, 0.15) is 17.1 Å². The number of aliphatic hydroxyl groups is 2. The Morgan fingerprint density at radius 3 is 2.59 bits per heavy atom. The average Bonchev–Trinajstić information content (AvgIpc) is 2.73. The van der Waals surface area contributed by atoms with Gasteiger partial charge in [0.15, 0.2) is 0 Å². The van der Waals surface area contributed by atoms with Crippen LogP contribution in [-0.2, 0) is 4.79 Å². The lowest BCUT2D eigenvalue weighted by Gasteiger charge is -2.16. The van der Waals surface area contributed by atoms with E-state index in [1.165, 1.54) is 18.4 Å². The summed E-state index contributed by atoms with van der Waals surface area (Å²) >= 11 is 0.970. The van der Waals surface area contributed by atoms with Gasteiger partial charge >= 0.3 is 5.97 Å². The van der Waals surface area contributed by atoms with Crippen molar-refractivity contribution in [3.05, 3.63) is 21.9 Å². The summed E-state index contributed by atoms with van der Waals surface area (Å²) < 4.78 is 0. The highest BCUT2D eigenvalue weighted by atomic mass is 32.1. The van der Waals surface area contributed by atoms with Gasteiger partial charge in [-0.05, 0) is 17.0 Å². The highest BCUT2D eigenvalue weighted by Gasteiger charge is 2.21. The van der Waals surface area contributed by atoms with Gasteiger partial charge in [-0.2, -0.15) is 0 Å². The van der Waals surface area contributed by atoms with Gasteiger partial charge < -0.3 is 20.6 Å². The van der Waals surface area contributed by atoms with Crippen LogP contribution >= 0.6 is 11.3 Å². The first-order valence-electron chi connectivity index (χ1n) is 4.84. The van der Waals surface area contributed by atoms with Gasteiger partial charge in [0.05, 0.1) is 0 Å². The minimum absolute atomic E-state index is 0.0885. The third-order valence-corrected chi connectivity index (χ3v) is 3.03. The van der Waals surface area contributed by atoms with E-state index < -0.39 is 18.2 Å². The summed E-state index contributed by atoms with van der Waals surface area (Å²) in [5.74, 6) is -1.39. The van der Waals surface area contributed by atoms with Gasteiger partial charge in [-0.15, -0.1) is 11.3 Å². The van der Waals surface area contributed by atoms with Gasteiger partial charge in [0.2, 0.25) is 5.91 Å². The van der Waals surface area contributed by atoms with Crippen molar-refractivity contribution in [2.45, 2.75) is 19.1 Å². The summed E-state index contributed by atoms with van der Waals surface area (Å²) in [7, 11) is 0. The molecule has 0 aliphatic rings. The fourth-order valence-corrected chi connectivity index (χ4v) is 1.98. The molecule has 17 heavy (non-hydrogen) atoms. The van der Waals surface area contributed by atoms with Gasteiger partial charge in [-0.3, -0.25) is 4.79 Å². The van der Waals surface area contributed by atoms with E-state index in [-0.39, 0.29) is 17.3 Å². The highest BCUT2D eigenvalue weighted by Crippen LogP contribution is 2.23. The molecule has 1 amide bonds. The Labute approximate surface area is 102 Å². The number of thiophene rings is 1. The predicted molar refractivity (Wildman–Crippen MR) is 60.9 cm³/mol. The number of nitrogens with one attached hydrogen (secondary N) is 1. The van der Waals surface area contributed by atoms with E-state index >= 15 is 0 Å². The standard InChI is InChI=1S/C10H13NO5S/c1-5(12)11-3-7(13)9(14)6-2-8(10(15)16)17-4-6/h2,4,7,9,13-14H,3H2,1H3,(H,11,12)(H,15,16). The van der Waals surface area contributed by atoms with Crippen molar-refractivity contribution in [2.24, 2.45) is 0 Å². The average molecular weight is 259 g/mol. The molecule has 0 aliphatic carbocycles. The fourth-order valence-electron chi connectivity index (χ4n) is 1.20. The molecule has 1 aromatic rings. The summed E-state index contributed by atoms with van der Waals surface area (Å²) in [6.07, 6.45) is -2.39. The third kappa shape index (κ3) is 3.81. The van der Waals surface area contributed by atoms with Crippen molar-refractivity contribution < 1.29 is 24.9 Å². The first-order valence-corrected chi connectivity index (χ1v) is 5.72. The number of aliphatic hydroxyl groups excluding tert-OH is 2. The van der Waals surface area contributed by atoms with Crippen LogP contribution in [-0.4, -0.2) is 39.8 Å². The molecule has 6 nitrogen and oxygen atoms in total. The third-order valence-electron chi connectivity index (χ3n) is 2.10. The summed E-state index contributed by atoms with van der Waals surface area (Å²) in [4.78, 5) is 21.3. The van der Waals surface area contributed by atoms with Crippen LogP contribution in [0.15, 0.2) is 11.4 Å². The molecule has 1 rings (SSSR count). The van der Waals surface area contributed by atoms with Crippen molar-refractivity contribution in [1.29, 1.82) is 0 Å². The van der Waals surface area contributed by atoms with E-state index in [0.717, 1.165) is 11.3 Å². The molecule has 0 aliphatic heterocycles. The Morgan fingerprint density at radius 2 is 2.12 bits per heavy atom. The zero-order valence-electron chi connectivity index (χ0n) is 9.08. The largest absolute Gasteiger partial charge is 0.477 e. The van der Waals surface area contributed by atoms with Crippen LogP contribution in [0.2, 0.25) is 0 Å². The van der Waals surface area contributed by atoms with E-state index in [0.29, 0.717) is 5.56 Å². The SMILES string of the molecule is CC(=O)NCC(O)C(O)c1csc(C(=O)O)c1. The lowest BCUT2D eigenvalue weighted by atomic mass is 10.1. The summed E-state index contributed by atoms with van der Waals surface area (Å²) in [6, 6.07) is 1.30. The number of carbonyl (C=O) groups excluding carboxylic acids is 1. The summed E-state index contributed by atoms with van der Waals surface area (Å²) in [5.41, 5.74) is 0.324. The Hall–Kier alpha value is -1.44. The molecule has 2 unspecified atom stereocenters. The van der Waals surface area contributed by atoms with Crippen molar-refractivity contribution >= 4 is 23.2 Å². The van der Waals surface area contributed by atoms with Crippen LogP contribution in [0.25, 0.3) is 0 Å². The first-order chi connectivity index (χ1) is 7.91. The molecule has 7 heteroatoms. The van der Waals surface area contributed by atoms with E-state index in [4.69, 9.17) is 5.11 Å². The molecule has 0 spiro atoms. The predicted octanol–water partition coefficient (Wildman–Crippen LogP) is -0.0233. The first kappa shape index (κ1) is 13.6. The lowest BCUT2D eigenvalue weighted by Crippen LogP contribution is -2.34. The monoisotopic (exact) mass is 259 g/mol. The van der Waals surface area contributed by atoms with Gasteiger partial charge in [0, 0.05) is 13.5 Å². The topological polar surface area (TPSA) is 107 Å². The maximum absolute atomic E-state index is 10.6. The molecule has 0 bridgehead atoms. The number of carbonyl (C=O) groups is 2. The van der Waals surface area contributed by atoms with Gasteiger partial charge in [0.25, 0.3) is 0 Å². The number of hydrogen-bond donors (Lipinski definition) is 4. The van der Waals surface area contributed by atoms with E-state index in [1.807, 2.05) is 0 Å². The van der Waals surface area contributed by atoms with Crippen molar-refractivity contribution in [1.82, 2.24) is 5.32 Å². The molecule has 0 radical (unpaired) electrons. The summed E-state index contributed by atoms with van der Waals surface area (Å²) in [6.45, 7) is 1.21. The Bertz CT molecular complexity index is 417. The maximum atomic E-state index is 10.6. The molecule has 4 N–H and O–H groups in total. The molecule has 0 fully saturated rings. The van der Waals surface area contributed by atoms with Gasteiger partial charge in [-0.25, -0.2) is 4.79 Å². The van der Waals surface area contributed by atoms with E-state index in [9.17, 15) is 19.8 Å². The van der Waals surface area contributed by atoms with Crippen LogP contribution in [0.3, 0.4) is 0 Å². The number of amides is 1. The number of aromatic carboxylic acids is 1. The number of carboxylic acid groups (broad SMARTS) is 1. The molecule has 0 aromatic carbocycles. The molecule has 94 valence electrons. The molecule has 1 aromatic heterocycles. The van der Waals surface area contributed by atoms with Crippen LogP contribution in [0, 0.1) is 0 Å². The normalized spacial score (nSPS) is 14.1. The Kier molecular flexibility index (Phi) is 4.62. The smallest absolute Gasteiger partial charge is 0.345 e. The zero-order valence-corrected chi connectivity index (χ0v) is 9.90. The molecular formula is C10H13NO5S. The molecular weight excluding hydrogens is 246 g/mol. The van der Waals surface area contributed by atoms with E-state index in [2.05, 4.69) is 5.32 Å². The second-order valence-electron chi connectivity index (χ2n) is 3.50. The number of hydrogen-bond acceptors (Lipinski definition) is 5. The lowest BCUT2D eigenvalue weighted by molar-refractivity contribution is -0.119. The van der Waals surface area contributed by atoms with Crippen LogP contribution in [0.4, 0.5) is 0 Å². The van der Waals surface area contributed by atoms with Crippen molar-refractivity contribution in [3.63, 3.8) is 0 Å². The highest BCUT2D eigenvalue weighted by molar-refractivity contribution is 7.12. The van der Waals surface area contributed by atoms with Crippen molar-refractivity contribution in [2.75, 3.05) is 6.54 Å². The van der Waals surface area contributed by atoms with Crippen LogP contribution < -0.4 is 5.32 Å².